The molecule has 0 spiro atoms. The number of hydrogen-bond acceptors (Lipinski definition) is 6. The average molecular weight is 707 g/mol. The predicted octanol–water partition coefficient (Wildman–Crippen LogP) is 7.97. The normalized spacial score (nSPS) is 14.7. The molecule has 2 aromatic heterocycles. The van der Waals surface area contributed by atoms with Crippen LogP contribution in [-0.4, -0.2) is 50.7 Å². The Labute approximate surface area is 272 Å². The number of rotatable bonds is 8. The number of pyridine rings is 2. The number of benzene rings is 2. The van der Waals surface area contributed by atoms with Crippen LogP contribution in [0.15, 0.2) is 58.6 Å². The fourth-order valence-corrected chi connectivity index (χ4v) is 8.57. The maximum absolute atomic E-state index is 13.1. The second kappa shape index (κ2) is 14.6. The zero-order valence-corrected chi connectivity index (χ0v) is 28.3. The molecule has 1 aliphatic rings. The van der Waals surface area contributed by atoms with Crippen molar-refractivity contribution in [2.45, 2.75) is 55.7 Å². The Morgan fingerprint density at radius 2 is 1.28 bits per heavy atom. The highest BCUT2D eigenvalue weighted by Gasteiger charge is 2.27. The fraction of sp³-hybridized carbons (Fsp3) is 0.379. The van der Waals surface area contributed by atoms with Gasteiger partial charge in [-0.05, 0) is 43.0 Å². The lowest BCUT2D eigenvalue weighted by Gasteiger charge is -2.28. The lowest BCUT2D eigenvalue weighted by molar-refractivity contribution is 0.284. The highest BCUT2D eigenvalue weighted by molar-refractivity contribution is 7.89. The van der Waals surface area contributed by atoms with Crippen LogP contribution in [0.3, 0.4) is 0 Å². The van der Waals surface area contributed by atoms with E-state index >= 15 is 0 Å². The zero-order chi connectivity index (χ0) is 31.4. The zero-order valence-electron chi connectivity index (χ0n) is 23.7. The molecular weight excluding hydrogens is 674 g/mol. The molecule has 0 saturated heterocycles. The third-order valence-electron chi connectivity index (χ3n) is 7.35. The fourth-order valence-electron chi connectivity index (χ4n) is 5.11. The summed E-state index contributed by atoms with van der Waals surface area (Å²) in [5.74, 6) is 0.448. The standard InChI is InChI=1S/C18H22Cl2N2O2S.C11H10Cl2N2O2S/c1-2-22(12-13-6-4-3-5-7-13)25(23,24)14-8-9-15-16(10-14)18(20)21-11-17(15)19;1-2-15-18(16,17)7-3-4-8-9(5-7)11(13)14-6-10(8)12/h8-11,13H,2-7,12H2,1H3;3-6,15H,2H2,1H3. The minimum atomic E-state index is -3.57. The first-order chi connectivity index (χ1) is 20.4. The van der Waals surface area contributed by atoms with E-state index in [9.17, 15) is 16.8 Å². The lowest BCUT2D eigenvalue weighted by Crippen LogP contribution is -2.35. The number of nitrogens with zero attached hydrogens (tertiary/aromatic N) is 3. The monoisotopic (exact) mass is 704 g/mol. The van der Waals surface area contributed by atoms with Crippen LogP contribution in [0.1, 0.15) is 46.0 Å². The van der Waals surface area contributed by atoms with E-state index in [1.807, 2.05) is 6.92 Å². The van der Waals surface area contributed by atoms with Crippen LogP contribution in [0, 0.1) is 5.92 Å². The Bertz CT molecular complexity index is 1830. The molecule has 1 aliphatic carbocycles. The molecule has 14 heteroatoms. The van der Waals surface area contributed by atoms with E-state index in [4.69, 9.17) is 46.4 Å². The van der Waals surface area contributed by atoms with Crippen molar-refractivity contribution in [3.05, 3.63) is 69.1 Å². The third kappa shape index (κ3) is 7.91. The quantitative estimate of drug-likeness (QED) is 0.186. The van der Waals surface area contributed by atoms with E-state index in [-0.39, 0.29) is 20.1 Å². The molecule has 1 saturated carbocycles. The first kappa shape index (κ1) is 34.1. The number of nitrogens with one attached hydrogen (secondary N) is 1. The van der Waals surface area contributed by atoms with E-state index in [1.54, 1.807) is 35.5 Å². The molecule has 1 fully saturated rings. The van der Waals surface area contributed by atoms with Crippen LogP contribution in [0.2, 0.25) is 20.4 Å². The molecule has 232 valence electrons. The second-order valence-electron chi connectivity index (χ2n) is 10.2. The molecule has 0 radical (unpaired) electrons. The summed E-state index contributed by atoms with van der Waals surface area (Å²) in [5, 5.41) is 3.82. The van der Waals surface area contributed by atoms with Crippen LogP contribution >= 0.6 is 46.4 Å². The molecule has 2 heterocycles. The van der Waals surface area contributed by atoms with E-state index in [2.05, 4.69) is 14.7 Å². The number of sulfonamides is 2. The summed E-state index contributed by atoms with van der Waals surface area (Å²) in [6, 6.07) is 9.46. The predicted molar refractivity (Wildman–Crippen MR) is 175 cm³/mol. The number of fused-ring (bicyclic) bond motifs is 2. The minimum Gasteiger partial charge on any atom is -0.242 e. The summed E-state index contributed by atoms with van der Waals surface area (Å²) in [5.41, 5.74) is 0. The van der Waals surface area contributed by atoms with Crippen molar-refractivity contribution in [3.8, 4) is 0 Å². The maximum atomic E-state index is 13.1. The Kier molecular flexibility index (Phi) is 11.6. The van der Waals surface area contributed by atoms with Crippen molar-refractivity contribution in [2.75, 3.05) is 19.6 Å². The molecule has 4 aromatic rings. The van der Waals surface area contributed by atoms with Gasteiger partial charge < -0.3 is 0 Å². The minimum absolute atomic E-state index is 0.141. The molecule has 8 nitrogen and oxygen atoms in total. The summed E-state index contributed by atoms with van der Waals surface area (Å²) in [7, 11) is -7.08. The smallest absolute Gasteiger partial charge is 0.242 e. The highest BCUT2D eigenvalue weighted by Crippen LogP contribution is 2.32. The third-order valence-corrected chi connectivity index (χ3v) is 12.0. The van der Waals surface area contributed by atoms with Gasteiger partial charge in [0, 0.05) is 53.6 Å². The van der Waals surface area contributed by atoms with E-state index < -0.39 is 20.0 Å². The van der Waals surface area contributed by atoms with Crippen molar-refractivity contribution < 1.29 is 16.8 Å². The van der Waals surface area contributed by atoms with Gasteiger partial charge in [-0.25, -0.2) is 31.5 Å². The highest BCUT2D eigenvalue weighted by atomic mass is 35.5. The average Bonchev–Trinajstić information content (AvgIpc) is 3.00. The molecular formula is C29H32Cl4N4O4S2. The Hall–Kier alpha value is -1.76. The van der Waals surface area contributed by atoms with E-state index in [1.165, 1.54) is 43.8 Å². The van der Waals surface area contributed by atoms with Gasteiger partial charge in [0.05, 0.1) is 19.8 Å². The number of hydrogen-bond donors (Lipinski definition) is 1. The number of halogens is 4. The van der Waals surface area contributed by atoms with Gasteiger partial charge in [-0.1, -0.05) is 91.6 Å². The summed E-state index contributed by atoms with van der Waals surface area (Å²) in [6.07, 6.45) is 8.76. The summed E-state index contributed by atoms with van der Waals surface area (Å²) >= 11 is 24.2. The lowest BCUT2D eigenvalue weighted by atomic mass is 9.89. The summed E-state index contributed by atoms with van der Waals surface area (Å²) in [6.45, 7) is 4.95. The molecule has 0 atom stereocenters. The molecule has 2 aromatic carbocycles. The molecule has 0 unspecified atom stereocenters. The van der Waals surface area contributed by atoms with Gasteiger partial charge >= 0.3 is 0 Å². The van der Waals surface area contributed by atoms with Crippen LogP contribution in [-0.2, 0) is 20.0 Å². The van der Waals surface area contributed by atoms with Crippen molar-refractivity contribution in [3.63, 3.8) is 0 Å². The van der Waals surface area contributed by atoms with Gasteiger partial charge in [0.15, 0.2) is 0 Å². The molecule has 5 rings (SSSR count). The van der Waals surface area contributed by atoms with Crippen molar-refractivity contribution in [2.24, 2.45) is 5.92 Å². The molecule has 0 bridgehead atoms. The van der Waals surface area contributed by atoms with Gasteiger partial charge in [-0.2, -0.15) is 4.31 Å². The Morgan fingerprint density at radius 3 is 1.79 bits per heavy atom. The van der Waals surface area contributed by atoms with Gasteiger partial charge in [0.1, 0.15) is 10.3 Å². The van der Waals surface area contributed by atoms with Gasteiger partial charge in [-0.15, -0.1) is 0 Å². The molecule has 1 N–H and O–H groups in total. The first-order valence-electron chi connectivity index (χ1n) is 13.9. The SMILES string of the molecule is CCN(CC1CCCCC1)S(=O)(=O)c1ccc2c(Cl)cnc(Cl)c2c1.CCNS(=O)(=O)c1ccc2c(Cl)cnc(Cl)c2c1. The van der Waals surface area contributed by atoms with Crippen molar-refractivity contribution in [1.29, 1.82) is 0 Å². The van der Waals surface area contributed by atoms with Crippen molar-refractivity contribution in [1.82, 2.24) is 19.0 Å². The number of aromatic nitrogens is 2. The largest absolute Gasteiger partial charge is 0.243 e. The molecule has 0 aliphatic heterocycles. The van der Waals surface area contributed by atoms with Crippen LogP contribution < -0.4 is 4.72 Å². The van der Waals surface area contributed by atoms with Crippen LogP contribution in [0.4, 0.5) is 0 Å². The van der Waals surface area contributed by atoms with Gasteiger partial charge in [0.25, 0.3) is 0 Å². The molecule has 0 amide bonds. The van der Waals surface area contributed by atoms with Crippen LogP contribution in [0.25, 0.3) is 21.5 Å². The van der Waals surface area contributed by atoms with E-state index in [0.29, 0.717) is 57.1 Å². The molecule has 43 heavy (non-hydrogen) atoms. The van der Waals surface area contributed by atoms with Gasteiger partial charge in [0.2, 0.25) is 20.0 Å². The maximum Gasteiger partial charge on any atom is 0.243 e. The van der Waals surface area contributed by atoms with Gasteiger partial charge in [-0.3, -0.25) is 0 Å². The topological polar surface area (TPSA) is 109 Å². The Morgan fingerprint density at radius 1 is 0.767 bits per heavy atom. The second-order valence-corrected chi connectivity index (χ2v) is 15.4. The van der Waals surface area contributed by atoms with Crippen LogP contribution in [0.5, 0.6) is 0 Å². The summed E-state index contributed by atoms with van der Waals surface area (Å²) < 4.78 is 53.9. The first-order valence-corrected chi connectivity index (χ1v) is 18.3. The van der Waals surface area contributed by atoms with E-state index in [0.717, 1.165) is 12.8 Å². The van der Waals surface area contributed by atoms with Crippen molar-refractivity contribution >= 4 is 88.0 Å². The summed E-state index contributed by atoms with van der Waals surface area (Å²) in [4.78, 5) is 8.29. The Balaban J connectivity index is 0.000000208.